The van der Waals surface area contributed by atoms with Crippen LogP contribution in [0.2, 0.25) is 0 Å². The molecule has 5 heteroatoms. The molecule has 0 aliphatic heterocycles. The van der Waals surface area contributed by atoms with E-state index in [0.29, 0.717) is 17.5 Å². The Balaban J connectivity index is 1.17. The maximum absolute atomic E-state index is 6.75. The quantitative estimate of drug-likeness (QED) is 0.175. The molecule has 0 saturated carbocycles. The maximum atomic E-state index is 6.75. The Bertz CT molecular complexity index is 3190. The summed E-state index contributed by atoms with van der Waals surface area (Å²) in [6, 6.07) is 56.2. The fraction of sp³-hybridized carbons (Fsp3) is 0. The highest BCUT2D eigenvalue weighted by molar-refractivity contribution is 6.20. The van der Waals surface area contributed by atoms with Gasteiger partial charge in [0.15, 0.2) is 17.5 Å². The Morgan fingerprint density at radius 3 is 1.79 bits per heavy atom. The van der Waals surface area contributed by atoms with E-state index in [9.17, 15) is 0 Å². The normalized spacial score (nSPS) is 11.8. The van der Waals surface area contributed by atoms with Gasteiger partial charge in [-0.15, -0.1) is 0 Å². The van der Waals surface area contributed by atoms with E-state index in [4.69, 9.17) is 23.8 Å². The molecular weight excluding hydrogens is 639 g/mol. The predicted molar refractivity (Wildman–Crippen MR) is 211 cm³/mol. The summed E-state index contributed by atoms with van der Waals surface area (Å²) in [5, 5.41) is 8.85. The van der Waals surface area contributed by atoms with E-state index in [2.05, 4.69) is 84.9 Å². The van der Waals surface area contributed by atoms with Crippen molar-refractivity contribution in [2.75, 3.05) is 0 Å². The molecule has 0 unspecified atom stereocenters. The first-order valence-electron chi connectivity index (χ1n) is 17.4. The van der Waals surface area contributed by atoms with Gasteiger partial charge in [0, 0.05) is 43.8 Å². The summed E-state index contributed by atoms with van der Waals surface area (Å²) in [5.41, 5.74) is 8.01. The van der Waals surface area contributed by atoms with Crippen molar-refractivity contribution >= 4 is 65.4 Å². The van der Waals surface area contributed by atoms with Gasteiger partial charge in [-0.25, -0.2) is 15.0 Å². The molecule has 0 aliphatic rings. The average molecular weight is 666 g/mol. The van der Waals surface area contributed by atoms with Crippen LogP contribution in [0, 0.1) is 0 Å². The zero-order chi connectivity index (χ0) is 34.2. The van der Waals surface area contributed by atoms with Crippen LogP contribution in [0.25, 0.3) is 111 Å². The van der Waals surface area contributed by atoms with E-state index in [0.717, 1.165) is 77.1 Å². The Morgan fingerprint density at radius 2 is 0.942 bits per heavy atom. The van der Waals surface area contributed by atoms with E-state index < -0.39 is 0 Å². The fourth-order valence-electron chi connectivity index (χ4n) is 7.72. The number of hydrogen-bond acceptors (Lipinski definition) is 5. The number of furan rings is 2. The monoisotopic (exact) mass is 665 g/mol. The number of benzene rings is 8. The van der Waals surface area contributed by atoms with Gasteiger partial charge < -0.3 is 8.83 Å². The minimum Gasteiger partial charge on any atom is -0.456 e. The zero-order valence-electron chi connectivity index (χ0n) is 27.7. The van der Waals surface area contributed by atoms with Crippen LogP contribution in [0.1, 0.15) is 0 Å². The van der Waals surface area contributed by atoms with Crippen molar-refractivity contribution in [3.8, 4) is 45.3 Å². The molecule has 0 saturated heterocycles. The van der Waals surface area contributed by atoms with E-state index in [1.54, 1.807) is 0 Å². The second kappa shape index (κ2) is 11.2. The number of hydrogen-bond donors (Lipinski definition) is 0. The van der Waals surface area contributed by atoms with Crippen molar-refractivity contribution in [2.45, 2.75) is 0 Å². The number of rotatable bonds is 4. The third-order valence-electron chi connectivity index (χ3n) is 10.1. The predicted octanol–water partition coefficient (Wildman–Crippen LogP) is 12.6. The SMILES string of the molecule is c1ccc(-c2nc(-c3ccc4c(ccc5ccccc54)c3)nc(-c3ccc(-c4cccc5oc6ccccc6c45)c4oc5ccccc5c34)n2)cc1. The van der Waals surface area contributed by atoms with Gasteiger partial charge in [-0.1, -0.05) is 127 Å². The summed E-state index contributed by atoms with van der Waals surface area (Å²) in [7, 11) is 0. The molecule has 0 amide bonds. The Morgan fingerprint density at radius 1 is 0.327 bits per heavy atom. The van der Waals surface area contributed by atoms with Gasteiger partial charge in [0.1, 0.15) is 22.3 Å². The molecule has 0 spiro atoms. The van der Waals surface area contributed by atoms with Crippen LogP contribution in [-0.4, -0.2) is 15.0 Å². The summed E-state index contributed by atoms with van der Waals surface area (Å²) in [6.45, 7) is 0. The lowest BCUT2D eigenvalue weighted by atomic mass is 9.95. The zero-order valence-corrected chi connectivity index (χ0v) is 27.7. The van der Waals surface area contributed by atoms with Crippen LogP contribution in [0.15, 0.2) is 173 Å². The third kappa shape index (κ3) is 4.39. The number of fused-ring (bicyclic) bond motifs is 9. The first kappa shape index (κ1) is 28.7. The third-order valence-corrected chi connectivity index (χ3v) is 10.1. The summed E-state index contributed by atoms with van der Waals surface area (Å²) in [6.07, 6.45) is 0. The van der Waals surface area contributed by atoms with E-state index in [1.165, 1.54) is 16.2 Å². The molecule has 0 fully saturated rings. The molecule has 242 valence electrons. The van der Waals surface area contributed by atoms with Crippen molar-refractivity contribution in [3.63, 3.8) is 0 Å². The maximum Gasteiger partial charge on any atom is 0.164 e. The molecule has 0 radical (unpaired) electrons. The lowest BCUT2D eigenvalue weighted by molar-refractivity contribution is 0.668. The smallest absolute Gasteiger partial charge is 0.164 e. The Labute approximate surface area is 297 Å². The van der Waals surface area contributed by atoms with Crippen LogP contribution in [-0.2, 0) is 0 Å². The van der Waals surface area contributed by atoms with Gasteiger partial charge in [-0.3, -0.25) is 0 Å². The minimum atomic E-state index is 0.581. The average Bonchev–Trinajstić information content (AvgIpc) is 3.80. The molecule has 11 aromatic rings. The van der Waals surface area contributed by atoms with Crippen LogP contribution in [0.3, 0.4) is 0 Å². The van der Waals surface area contributed by atoms with Crippen molar-refractivity contribution in [3.05, 3.63) is 164 Å². The minimum absolute atomic E-state index is 0.581. The van der Waals surface area contributed by atoms with Crippen LogP contribution in [0.5, 0.6) is 0 Å². The van der Waals surface area contributed by atoms with Gasteiger partial charge in [-0.2, -0.15) is 0 Å². The topological polar surface area (TPSA) is 65.0 Å². The van der Waals surface area contributed by atoms with Crippen LogP contribution >= 0.6 is 0 Å². The fourth-order valence-corrected chi connectivity index (χ4v) is 7.72. The molecule has 0 atom stereocenters. The number of aromatic nitrogens is 3. The van der Waals surface area contributed by atoms with E-state index >= 15 is 0 Å². The molecule has 5 nitrogen and oxygen atoms in total. The molecular formula is C47H27N3O2. The van der Waals surface area contributed by atoms with Crippen LogP contribution in [0.4, 0.5) is 0 Å². The first-order valence-corrected chi connectivity index (χ1v) is 17.4. The molecule has 3 aromatic heterocycles. The largest absolute Gasteiger partial charge is 0.456 e. The Hall–Kier alpha value is -7.11. The standard InChI is InChI=1S/C47H27N3O2/c1-2-12-29(13-3-1)45-48-46(31-23-24-33-30(27-31)22-21-28-11-4-5-14-32(28)33)50-47(49-45)38-26-25-35(44-43(38)37-16-7-9-19-40(37)52-44)34-17-10-20-41-42(34)36-15-6-8-18-39(36)51-41/h1-27H. The summed E-state index contributed by atoms with van der Waals surface area (Å²) < 4.78 is 13.0. The van der Waals surface area contributed by atoms with Gasteiger partial charge in [-0.05, 0) is 63.5 Å². The van der Waals surface area contributed by atoms with Crippen molar-refractivity contribution in [1.82, 2.24) is 15.0 Å². The highest BCUT2D eigenvalue weighted by Crippen LogP contribution is 2.45. The van der Waals surface area contributed by atoms with Gasteiger partial charge in [0.2, 0.25) is 0 Å². The van der Waals surface area contributed by atoms with Crippen molar-refractivity contribution < 1.29 is 8.83 Å². The van der Waals surface area contributed by atoms with Gasteiger partial charge in [0.05, 0.1) is 0 Å². The van der Waals surface area contributed by atoms with Crippen molar-refractivity contribution in [1.29, 1.82) is 0 Å². The number of para-hydroxylation sites is 2. The summed E-state index contributed by atoms with van der Waals surface area (Å²) in [5.74, 6) is 1.80. The van der Waals surface area contributed by atoms with Crippen LogP contribution < -0.4 is 0 Å². The second-order valence-corrected chi connectivity index (χ2v) is 13.1. The highest BCUT2D eigenvalue weighted by atomic mass is 16.3. The molecule has 0 aliphatic carbocycles. The molecule has 8 aromatic carbocycles. The van der Waals surface area contributed by atoms with Crippen molar-refractivity contribution in [2.24, 2.45) is 0 Å². The van der Waals surface area contributed by atoms with Gasteiger partial charge >= 0.3 is 0 Å². The Kier molecular flexibility index (Phi) is 6.18. The van der Waals surface area contributed by atoms with E-state index in [-0.39, 0.29) is 0 Å². The highest BCUT2D eigenvalue weighted by Gasteiger charge is 2.22. The summed E-state index contributed by atoms with van der Waals surface area (Å²) in [4.78, 5) is 15.4. The molecule has 0 bridgehead atoms. The molecule has 0 N–H and O–H groups in total. The van der Waals surface area contributed by atoms with E-state index in [1.807, 2.05) is 78.9 Å². The number of nitrogens with zero attached hydrogens (tertiary/aromatic N) is 3. The lowest BCUT2D eigenvalue weighted by Gasteiger charge is -2.12. The molecule has 52 heavy (non-hydrogen) atoms. The molecule has 11 rings (SSSR count). The van der Waals surface area contributed by atoms with Gasteiger partial charge in [0.25, 0.3) is 0 Å². The second-order valence-electron chi connectivity index (χ2n) is 13.1. The molecule has 3 heterocycles. The summed E-state index contributed by atoms with van der Waals surface area (Å²) >= 11 is 0. The first-order chi connectivity index (χ1) is 25.8. The lowest BCUT2D eigenvalue weighted by Crippen LogP contribution is -2.00.